The number of hydrogen-bond donors (Lipinski definition) is 15. The fourth-order valence-electron chi connectivity index (χ4n) is 6.31. The molecule has 0 fully saturated rings. The number of carboxylic acids is 1. The molecule has 0 aliphatic rings. The van der Waals surface area contributed by atoms with Gasteiger partial charge in [-0.2, -0.15) is 0 Å². The third-order valence-corrected chi connectivity index (χ3v) is 9.89. The lowest BCUT2D eigenvalue weighted by Crippen LogP contribution is -2.61. The summed E-state index contributed by atoms with van der Waals surface area (Å²) in [6.07, 6.45) is 1.53. The van der Waals surface area contributed by atoms with Crippen LogP contribution in [0.25, 0.3) is 10.9 Å². The minimum atomic E-state index is -1.77. The molecule has 8 amide bonds. The van der Waals surface area contributed by atoms with E-state index in [4.69, 9.17) is 22.9 Å². The summed E-state index contributed by atoms with van der Waals surface area (Å²) in [6, 6.07) is -4.08. The Labute approximate surface area is 366 Å². The quantitative estimate of drug-likeness (QED) is 0.0303. The Bertz CT molecular complexity index is 2090. The van der Waals surface area contributed by atoms with E-state index in [9.17, 15) is 58.5 Å². The molecule has 0 spiro atoms. The van der Waals surface area contributed by atoms with E-state index in [0.717, 1.165) is 0 Å². The molecule has 25 nitrogen and oxygen atoms in total. The maximum absolute atomic E-state index is 14.1. The molecular formula is C39H57N13O12. The molecule has 25 heteroatoms. The summed E-state index contributed by atoms with van der Waals surface area (Å²) >= 11 is 0. The van der Waals surface area contributed by atoms with Crippen LogP contribution in [0.3, 0.4) is 0 Å². The Morgan fingerprint density at radius 2 is 1.27 bits per heavy atom. The number of aliphatic carboxylic acids is 1. The number of carbonyl (C=O) groups is 9. The molecule has 1 aromatic carbocycles. The molecular weight excluding hydrogens is 843 g/mol. The molecule has 0 bridgehead atoms. The molecule has 0 saturated carbocycles. The Kier molecular flexibility index (Phi) is 20.3. The van der Waals surface area contributed by atoms with Gasteiger partial charge in [-0.1, -0.05) is 18.2 Å². The van der Waals surface area contributed by atoms with Crippen molar-refractivity contribution in [2.24, 2.45) is 22.9 Å². The van der Waals surface area contributed by atoms with Gasteiger partial charge in [0, 0.05) is 48.3 Å². The second kappa shape index (κ2) is 25.2. The van der Waals surface area contributed by atoms with Gasteiger partial charge in [0.05, 0.1) is 25.5 Å². The number of imidazole rings is 1. The monoisotopic (exact) mass is 899 g/mol. The summed E-state index contributed by atoms with van der Waals surface area (Å²) in [7, 11) is 0. The fraction of sp³-hybridized carbons (Fsp3) is 0.487. The second-order valence-electron chi connectivity index (χ2n) is 15.0. The van der Waals surface area contributed by atoms with Crippen LogP contribution in [0, 0.1) is 0 Å². The summed E-state index contributed by atoms with van der Waals surface area (Å²) in [4.78, 5) is 127. The van der Waals surface area contributed by atoms with E-state index in [-0.39, 0.29) is 25.8 Å². The summed E-state index contributed by atoms with van der Waals surface area (Å²) in [5.74, 6) is -9.56. The Morgan fingerprint density at radius 1 is 0.703 bits per heavy atom. The van der Waals surface area contributed by atoms with Gasteiger partial charge in [0.2, 0.25) is 47.3 Å². The van der Waals surface area contributed by atoms with Crippen molar-refractivity contribution < 1.29 is 58.5 Å². The van der Waals surface area contributed by atoms with Crippen molar-refractivity contribution in [3.8, 4) is 0 Å². The topological polar surface area (TPSA) is 435 Å². The number of amides is 8. The van der Waals surface area contributed by atoms with Gasteiger partial charge < -0.3 is 80.1 Å². The number of nitrogens with zero attached hydrogens (tertiary/aromatic N) is 1. The van der Waals surface area contributed by atoms with Gasteiger partial charge in [-0.05, 0) is 50.8 Å². The first kappa shape index (κ1) is 51.4. The van der Waals surface area contributed by atoms with Crippen LogP contribution in [-0.4, -0.2) is 145 Å². The van der Waals surface area contributed by atoms with E-state index in [0.29, 0.717) is 35.0 Å². The van der Waals surface area contributed by atoms with Gasteiger partial charge in [-0.15, -0.1) is 0 Å². The Hall–Kier alpha value is -6.96. The molecule has 3 aromatic rings. The third-order valence-electron chi connectivity index (χ3n) is 9.89. The first-order valence-electron chi connectivity index (χ1n) is 20.2. The van der Waals surface area contributed by atoms with Crippen LogP contribution in [0.4, 0.5) is 0 Å². The Balaban J connectivity index is 1.91. The number of H-pyrrole nitrogens is 2. The number of nitrogens with one attached hydrogen (secondary N) is 8. The lowest BCUT2D eigenvalue weighted by molar-refractivity contribution is -0.142. The van der Waals surface area contributed by atoms with Gasteiger partial charge in [0.1, 0.15) is 42.3 Å². The number of rotatable bonds is 28. The van der Waals surface area contributed by atoms with Gasteiger partial charge in [-0.25, -0.2) is 9.78 Å². The molecule has 0 saturated heterocycles. The maximum atomic E-state index is 14.1. The number of para-hydroxylation sites is 1. The van der Waals surface area contributed by atoms with Gasteiger partial charge in [-0.3, -0.25) is 38.4 Å². The number of benzene rings is 1. The highest BCUT2D eigenvalue weighted by Crippen LogP contribution is 2.20. The second-order valence-corrected chi connectivity index (χ2v) is 15.0. The van der Waals surface area contributed by atoms with Crippen LogP contribution >= 0.6 is 0 Å². The van der Waals surface area contributed by atoms with E-state index >= 15 is 0 Å². The first-order chi connectivity index (χ1) is 30.3. The van der Waals surface area contributed by atoms with E-state index in [1.165, 1.54) is 19.4 Å². The molecule has 0 aliphatic heterocycles. The van der Waals surface area contributed by atoms with Crippen LogP contribution < -0.4 is 54.8 Å². The number of aliphatic hydroxyl groups excluding tert-OH is 2. The van der Waals surface area contributed by atoms with Crippen LogP contribution in [0.5, 0.6) is 0 Å². The summed E-state index contributed by atoms with van der Waals surface area (Å²) in [6.45, 7) is 0.490. The molecule has 64 heavy (non-hydrogen) atoms. The average molecular weight is 900 g/mol. The van der Waals surface area contributed by atoms with Gasteiger partial charge in [0.15, 0.2) is 0 Å². The number of aliphatic hydroxyl groups is 2. The molecule has 19 N–H and O–H groups in total. The van der Waals surface area contributed by atoms with Crippen molar-refractivity contribution in [3.63, 3.8) is 0 Å². The van der Waals surface area contributed by atoms with E-state index in [1.807, 2.05) is 0 Å². The van der Waals surface area contributed by atoms with E-state index < -0.39 is 127 Å². The molecule has 0 radical (unpaired) electrons. The molecule has 3 rings (SSSR count). The van der Waals surface area contributed by atoms with E-state index in [2.05, 4.69) is 46.9 Å². The zero-order chi connectivity index (χ0) is 47.5. The van der Waals surface area contributed by atoms with Crippen molar-refractivity contribution in [2.45, 2.75) is 107 Å². The molecule has 0 unspecified atom stereocenters. The number of nitrogens with two attached hydrogens (primary N) is 4. The van der Waals surface area contributed by atoms with E-state index in [1.54, 1.807) is 30.5 Å². The summed E-state index contributed by atoms with van der Waals surface area (Å²) < 4.78 is 0. The van der Waals surface area contributed by atoms with Crippen molar-refractivity contribution in [2.75, 3.05) is 13.2 Å². The summed E-state index contributed by atoms with van der Waals surface area (Å²) in [5.41, 5.74) is 23.5. The summed E-state index contributed by atoms with van der Waals surface area (Å²) in [5, 5.41) is 44.5. The highest BCUT2D eigenvalue weighted by atomic mass is 16.4. The number of carboxylic acid groups (broad SMARTS) is 1. The largest absolute Gasteiger partial charge is 0.480 e. The number of hydrogen-bond acceptors (Lipinski definition) is 14. The average Bonchev–Trinajstić information content (AvgIpc) is 3.92. The maximum Gasteiger partial charge on any atom is 0.326 e. The SMILES string of the molecule is C[C@@H](O)[C@H](N)C(=O)N[C@@H](Cc1cnc[nH]1)C(=O)N[C@@H](CO)C(=O)N[C@@H](CCC(N)=O)C(=O)N[C@@H](Cc1c[nH]c2ccccc12)C(=O)N[C@@H](CC(N)=O)C(=O)N[C@@H](CCCCN)C(=O)O. The number of carbonyl (C=O) groups excluding carboxylic acids is 8. The number of unbranched alkanes of at least 4 members (excludes halogenated alkanes) is 1. The predicted molar refractivity (Wildman–Crippen MR) is 225 cm³/mol. The lowest BCUT2D eigenvalue weighted by Gasteiger charge is -2.27. The zero-order valence-corrected chi connectivity index (χ0v) is 35.0. The third kappa shape index (κ3) is 16.1. The highest BCUT2D eigenvalue weighted by molar-refractivity contribution is 5.98. The molecule has 8 atom stereocenters. The minimum absolute atomic E-state index is 0.0189. The van der Waals surface area contributed by atoms with Crippen LogP contribution in [0.1, 0.15) is 56.7 Å². The van der Waals surface area contributed by atoms with Crippen molar-refractivity contribution >= 4 is 64.1 Å². The predicted octanol–water partition coefficient (Wildman–Crippen LogP) is -5.36. The highest BCUT2D eigenvalue weighted by Gasteiger charge is 2.35. The van der Waals surface area contributed by atoms with Gasteiger partial charge in [0.25, 0.3) is 0 Å². The number of aromatic amines is 2. The Morgan fingerprint density at radius 3 is 1.86 bits per heavy atom. The van der Waals surface area contributed by atoms with Crippen LogP contribution in [0.2, 0.25) is 0 Å². The van der Waals surface area contributed by atoms with Crippen molar-refractivity contribution in [1.82, 2.24) is 46.9 Å². The molecule has 0 aliphatic carbocycles. The first-order valence-corrected chi connectivity index (χ1v) is 20.2. The smallest absolute Gasteiger partial charge is 0.326 e. The van der Waals surface area contributed by atoms with Crippen LogP contribution in [0.15, 0.2) is 43.0 Å². The normalized spacial score (nSPS) is 14.9. The molecule has 2 aromatic heterocycles. The number of aromatic nitrogens is 3. The van der Waals surface area contributed by atoms with Gasteiger partial charge >= 0.3 is 5.97 Å². The molecule has 350 valence electrons. The van der Waals surface area contributed by atoms with Crippen LogP contribution in [-0.2, 0) is 56.0 Å². The van der Waals surface area contributed by atoms with Crippen molar-refractivity contribution in [1.29, 1.82) is 0 Å². The van der Waals surface area contributed by atoms with Crippen molar-refractivity contribution in [3.05, 3.63) is 54.2 Å². The molecule has 2 heterocycles. The fourth-order valence-corrected chi connectivity index (χ4v) is 6.31. The minimum Gasteiger partial charge on any atom is -0.480 e. The number of fused-ring (bicyclic) bond motifs is 1. The number of primary amides is 2. The lowest BCUT2D eigenvalue weighted by atomic mass is 10.0. The standard InChI is InChI=1S/C39H57N13O12/c1-19(54)32(43)38(62)51-27(13-21-16-44-18-46-21)35(59)52-29(17-53)37(61)47-24(9-10-30(41)55)33(57)49-26(12-20-15-45-23-7-3-2-6-22(20)23)34(58)50-28(14-31(42)56)36(60)48-25(39(63)64)8-4-5-11-40/h2-3,6-7,15-16,18-19,24-29,32,45,53-54H,4-5,8-14,17,40,43H2,1H3,(H2,41,55)(H2,42,56)(H,44,46)(H,47,61)(H,48,60)(H,49,57)(H,50,58)(H,51,62)(H,52,59)(H,63,64)/t19-,24+,25+,26+,27+,28+,29+,32+/m1/s1. The zero-order valence-electron chi connectivity index (χ0n) is 35.0.